The van der Waals surface area contributed by atoms with Crippen molar-refractivity contribution >= 4 is 11.7 Å². The Hall–Kier alpha value is -2.44. The van der Waals surface area contributed by atoms with Gasteiger partial charge in [0.2, 0.25) is 17.6 Å². The van der Waals surface area contributed by atoms with Gasteiger partial charge in [-0.1, -0.05) is 24.4 Å². The van der Waals surface area contributed by atoms with E-state index in [0.29, 0.717) is 23.6 Å². The Morgan fingerprint density at radius 2 is 1.83 bits per heavy atom. The van der Waals surface area contributed by atoms with Crippen molar-refractivity contribution in [3.63, 3.8) is 0 Å². The lowest BCUT2D eigenvalue weighted by molar-refractivity contribution is -0.132. The second-order valence-electron chi connectivity index (χ2n) is 8.71. The van der Waals surface area contributed by atoms with Crippen LogP contribution in [-0.2, 0) is 4.79 Å². The molecule has 2 aromatic rings. The number of aromatic nitrogens is 3. The zero-order valence-electron chi connectivity index (χ0n) is 16.9. The predicted molar refractivity (Wildman–Crippen MR) is 109 cm³/mol. The van der Waals surface area contributed by atoms with Crippen LogP contribution in [-0.4, -0.2) is 52.1 Å². The summed E-state index contributed by atoms with van der Waals surface area (Å²) in [6.45, 7) is 3.22. The minimum atomic E-state index is 0.337. The largest absolute Gasteiger partial charge is 0.353 e. The molecule has 2 saturated carbocycles. The van der Waals surface area contributed by atoms with Crippen molar-refractivity contribution in [2.24, 2.45) is 5.92 Å². The zero-order chi connectivity index (χ0) is 19.6. The number of anilines is 1. The lowest BCUT2D eigenvalue weighted by atomic mass is 9.86. The van der Waals surface area contributed by atoms with E-state index in [1.54, 1.807) is 0 Å². The molecule has 3 fully saturated rings. The molecule has 0 radical (unpaired) electrons. The normalized spacial score (nSPS) is 20.8. The molecule has 3 aliphatic rings. The smallest absolute Gasteiger partial charge is 0.230 e. The molecule has 0 unspecified atom stereocenters. The first kappa shape index (κ1) is 18.6. The Kier molecular flexibility index (Phi) is 5.21. The molecule has 0 bridgehead atoms. The summed E-state index contributed by atoms with van der Waals surface area (Å²) in [5.41, 5.74) is 0.880. The highest BCUT2D eigenvalue weighted by Gasteiger charge is 2.30. The Bertz CT molecular complexity index is 831. The molecule has 0 atom stereocenters. The van der Waals surface area contributed by atoms with E-state index in [1.807, 2.05) is 23.2 Å². The number of carbonyl (C=O) groups excluding carboxylic acids is 1. The van der Waals surface area contributed by atoms with Gasteiger partial charge < -0.3 is 14.3 Å². The summed E-state index contributed by atoms with van der Waals surface area (Å²) in [5, 5.41) is 4.08. The third-order valence-electron chi connectivity index (χ3n) is 6.52. The van der Waals surface area contributed by atoms with Crippen molar-refractivity contribution in [3.8, 4) is 11.4 Å². The van der Waals surface area contributed by atoms with Crippen LogP contribution in [0.2, 0.25) is 0 Å². The first-order valence-electron chi connectivity index (χ1n) is 11.1. The molecule has 1 saturated heterocycles. The molecule has 2 aliphatic carbocycles. The lowest BCUT2D eigenvalue weighted by Gasteiger charge is -2.36. The summed E-state index contributed by atoms with van der Waals surface area (Å²) in [5.74, 6) is 3.71. The fourth-order valence-corrected chi connectivity index (χ4v) is 4.51. The maximum Gasteiger partial charge on any atom is 0.230 e. The molecular weight excluding hydrogens is 366 g/mol. The summed E-state index contributed by atoms with van der Waals surface area (Å²) >= 11 is 0. The van der Waals surface area contributed by atoms with Crippen molar-refractivity contribution < 1.29 is 9.32 Å². The summed E-state index contributed by atoms with van der Waals surface area (Å²) in [6, 6.07) is 4.02. The molecule has 0 aromatic carbocycles. The van der Waals surface area contributed by atoms with E-state index < -0.39 is 0 Å². The Labute approximate surface area is 171 Å². The van der Waals surface area contributed by atoms with E-state index >= 15 is 0 Å². The van der Waals surface area contributed by atoms with E-state index in [0.717, 1.165) is 62.7 Å². The van der Waals surface area contributed by atoms with Gasteiger partial charge in [0.1, 0.15) is 5.82 Å². The van der Waals surface area contributed by atoms with Crippen LogP contribution in [0.15, 0.2) is 22.9 Å². The topological polar surface area (TPSA) is 75.4 Å². The first-order chi connectivity index (χ1) is 14.3. The molecule has 5 rings (SSSR count). The van der Waals surface area contributed by atoms with E-state index in [2.05, 4.69) is 20.0 Å². The second-order valence-corrected chi connectivity index (χ2v) is 8.71. The van der Waals surface area contributed by atoms with Crippen molar-refractivity contribution in [3.05, 3.63) is 24.2 Å². The molecule has 3 heterocycles. The number of hydrogen-bond donors (Lipinski definition) is 0. The van der Waals surface area contributed by atoms with E-state index in [4.69, 9.17) is 4.52 Å². The zero-order valence-corrected chi connectivity index (χ0v) is 16.9. The number of piperazine rings is 1. The number of hydrogen-bond acceptors (Lipinski definition) is 6. The number of rotatable bonds is 5. The first-order valence-corrected chi connectivity index (χ1v) is 11.1. The standard InChI is InChI=1S/C22H29N5O2/c28-20(14-16-4-2-1-3-5-16)27-12-10-26(11-13-27)19-9-8-18(15-23-19)21-24-22(29-25-21)17-6-7-17/h8-9,15-17H,1-7,10-14H2. The molecule has 0 N–H and O–H groups in total. The monoisotopic (exact) mass is 395 g/mol. The van der Waals surface area contributed by atoms with E-state index in [-0.39, 0.29) is 0 Å². The number of pyridine rings is 1. The van der Waals surface area contributed by atoms with Gasteiger partial charge in [-0.05, 0) is 43.7 Å². The summed E-state index contributed by atoms with van der Waals surface area (Å²) in [4.78, 5) is 26.0. The highest BCUT2D eigenvalue weighted by molar-refractivity contribution is 5.76. The van der Waals surface area contributed by atoms with Crippen LogP contribution < -0.4 is 4.90 Å². The molecule has 0 spiro atoms. The Morgan fingerprint density at radius 3 is 2.52 bits per heavy atom. The van der Waals surface area contributed by atoms with Crippen LogP contribution in [0.5, 0.6) is 0 Å². The van der Waals surface area contributed by atoms with Crippen molar-refractivity contribution in [2.75, 3.05) is 31.1 Å². The summed E-state index contributed by atoms with van der Waals surface area (Å²) in [6.07, 6.45) is 11.2. The van der Waals surface area contributed by atoms with Crippen LogP contribution >= 0.6 is 0 Å². The van der Waals surface area contributed by atoms with Gasteiger partial charge in [-0.25, -0.2) is 4.98 Å². The van der Waals surface area contributed by atoms with E-state index in [9.17, 15) is 4.79 Å². The lowest BCUT2D eigenvalue weighted by Crippen LogP contribution is -2.49. The van der Waals surface area contributed by atoms with Crippen LogP contribution in [0.4, 0.5) is 5.82 Å². The van der Waals surface area contributed by atoms with Crippen LogP contribution in [0, 0.1) is 5.92 Å². The fraction of sp³-hybridized carbons (Fsp3) is 0.636. The van der Waals surface area contributed by atoms with Crippen molar-refractivity contribution in [1.29, 1.82) is 0 Å². The predicted octanol–water partition coefficient (Wildman–Crippen LogP) is 3.63. The maximum atomic E-state index is 12.6. The Balaban J connectivity index is 1.14. The minimum absolute atomic E-state index is 0.337. The maximum absolute atomic E-state index is 12.6. The van der Waals surface area contributed by atoms with Crippen LogP contribution in [0.25, 0.3) is 11.4 Å². The quantitative estimate of drug-likeness (QED) is 0.770. The average Bonchev–Trinajstić information content (AvgIpc) is 3.51. The molecule has 1 amide bonds. The summed E-state index contributed by atoms with van der Waals surface area (Å²) < 4.78 is 5.34. The molecule has 154 valence electrons. The van der Waals surface area contributed by atoms with Gasteiger partial charge in [0.15, 0.2) is 0 Å². The Morgan fingerprint density at radius 1 is 1.03 bits per heavy atom. The molecule has 2 aromatic heterocycles. The molecule has 7 heteroatoms. The van der Waals surface area contributed by atoms with Crippen molar-refractivity contribution in [1.82, 2.24) is 20.0 Å². The van der Waals surface area contributed by atoms with Gasteiger partial charge in [0, 0.05) is 50.3 Å². The highest BCUT2D eigenvalue weighted by Crippen LogP contribution is 2.39. The highest BCUT2D eigenvalue weighted by atomic mass is 16.5. The summed E-state index contributed by atoms with van der Waals surface area (Å²) in [7, 11) is 0. The fourth-order valence-electron chi connectivity index (χ4n) is 4.51. The number of carbonyl (C=O) groups is 1. The van der Waals surface area contributed by atoms with Gasteiger partial charge in [-0.3, -0.25) is 4.79 Å². The average molecular weight is 396 g/mol. The minimum Gasteiger partial charge on any atom is -0.353 e. The third kappa shape index (κ3) is 4.28. The SMILES string of the molecule is O=C(CC1CCCCC1)N1CCN(c2ccc(-c3noc(C4CC4)n3)cn2)CC1. The van der Waals surface area contributed by atoms with Gasteiger partial charge in [-0.15, -0.1) is 0 Å². The van der Waals surface area contributed by atoms with Gasteiger partial charge in [0.25, 0.3) is 0 Å². The van der Waals surface area contributed by atoms with Gasteiger partial charge in [-0.2, -0.15) is 4.98 Å². The number of amides is 1. The van der Waals surface area contributed by atoms with Gasteiger partial charge >= 0.3 is 0 Å². The van der Waals surface area contributed by atoms with E-state index in [1.165, 1.54) is 32.1 Å². The van der Waals surface area contributed by atoms with Crippen LogP contribution in [0.3, 0.4) is 0 Å². The molecule has 1 aliphatic heterocycles. The number of nitrogens with zero attached hydrogens (tertiary/aromatic N) is 5. The van der Waals surface area contributed by atoms with Crippen LogP contribution in [0.1, 0.15) is 63.2 Å². The third-order valence-corrected chi connectivity index (χ3v) is 6.52. The second kappa shape index (κ2) is 8.13. The molecular formula is C22H29N5O2. The van der Waals surface area contributed by atoms with Crippen molar-refractivity contribution in [2.45, 2.75) is 57.3 Å². The van der Waals surface area contributed by atoms with Gasteiger partial charge in [0.05, 0.1) is 0 Å². The molecule has 29 heavy (non-hydrogen) atoms. The molecule has 7 nitrogen and oxygen atoms in total.